The normalized spacial score (nSPS) is 17.6. The van der Waals surface area contributed by atoms with E-state index in [0.29, 0.717) is 0 Å². The van der Waals surface area contributed by atoms with E-state index < -0.39 is 0 Å². The highest BCUT2D eigenvalue weighted by Crippen LogP contribution is 2.25. The molecule has 0 atom stereocenters. The van der Waals surface area contributed by atoms with Gasteiger partial charge >= 0.3 is 0 Å². The van der Waals surface area contributed by atoms with Gasteiger partial charge in [0.25, 0.3) is 0 Å². The number of hydrogen-bond acceptors (Lipinski definition) is 2. The van der Waals surface area contributed by atoms with Crippen LogP contribution in [0.5, 0.6) is 0 Å². The molecule has 0 bridgehead atoms. The minimum atomic E-state index is 1.10. The standard InChI is InChI=1S/C21H25N3/c1-16-13-19(23-9-3-10-23)7-5-17(16)14-18-6-8-20(15-21(18)22-2)24-11-4-12-24/h5-8,13-15,22H,1,3-4,9-12H2,2H3/p+1/b17-14-. The average Bonchev–Trinajstić information content (AvgIpc) is 2.47. The Morgan fingerprint density at radius 2 is 1.54 bits per heavy atom. The zero-order chi connectivity index (χ0) is 16.5. The Morgan fingerprint density at radius 3 is 2.08 bits per heavy atom. The van der Waals surface area contributed by atoms with Crippen molar-refractivity contribution >= 4 is 29.7 Å². The molecule has 2 N–H and O–H groups in total. The van der Waals surface area contributed by atoms with Crippen LogP contribution in [-0.2, 0) is 0 Å². The molecular weight excluding hydrogens is 294 g/mol. The Bertz CT molecular complexity index is 848. The number of hydrogen-bond donors (Lipinski definition) is 1. The number of quaternary nitrogens is 1. The molecular formula is C21H26N3+. The quantitative estimate of drug-likeness (QED) is 0.855. The number of benzene rings is 2. The molecule has 2 saturated heterocycles. The molecule has 0 aromatic heterocycles. The van der Waals surface area contributed by atoms with Gasteiger partial charge in [0.2, 0.25) is 0 Å². The lowest BCUT2D eigenvalue weighted by atomic mass is 10.1. The van der Waals surface area contributed by atoms with Crippen molar-refractivity contribution in [3.63, 3.8) is 0 Å². The van der Waals surface area contributed by atoms with Crippen LogP contribution in [0.1, 0.15) is 18.4 Å². The number of anilines is 2. The van der Waals surface area contributed by atoms with Gasteiger partial charge in [0, 0.05) is 49.2 Å². The second kappa shape index (κ2) is 6.33. The third kappa shape index (κ3) is 2.80. The van der Waals surface area contributed by atoms with E-state index in [1.165, 1.54) is 66.9 Å². The molecule has 3 nitrogen and oxygen atoms in total. The molecule has 0 spiro atoms. The molecule has 0 saturated carbocycles. The Kier molecular flexibility index (Phi) is 4.03. The van der Waals surface area contributed by atoms with Gasteiger partial charge in [0.15, 0.2) is 0 Å². The van der Waals surface area contributed by atoms with Gasteiger partial charge in [-0.25, -0.2) is 0 Å². The van der Waals surface area contributed by atoms with Crippen molar-refractivity contribution in [1.82, 2.24) is 0 Å². The van der Waals surface area contributed by atoms with Crippen LogP contribution in [0.4, 0.5) is 17.1 Å². The predicted molar refractivity (Wildman–Crippen MR) is 102 cm³/mol. The molecule has 4 rings (SSSR count). The predicted octanol–water partition coefficient (Wildman–Crippen LogP) is 1.17. The fourth-order valence-corrected chi connectivity index (χ4v) is 3.39. The summed E-state index contributed by atoms with van der Waals surface area (Å²) in [5, 5.41) is 4.51. The molecule has 2 aliphatic heterocycles. The highest BCUT2D eigenvalue weighted by molar-refractivity contribution is 5.67. The first-order valence-corrected chi connectivity index (χ1v) is 8.99. The van der Waals surface area contributed by atoms with Gasteiger partial charge in [-0.1, -0.05) is 12.6 Å². The van der Waals surface area contributed by atoms with E-state index in [-0.39, 0.29) is 0 Å². The van der Waals surface area contributed by atoms with Crippen molar-refractivity contribution < 1.29 is 5.32 Å². The Balaban J connectivity index is 1.68. The SMILES string of the molecule is C=c1cc(N2CCC2)cc/c1=C/c1ccc(N2CCC2)cc1[NH2+]C. The molecule has 2 fully saturated rings. The van der Waals surface area contributed by atoms with Gasteiger partial charge in [-0.3, -0.25) is 0 Å². The van der Waals surface area contributed by atoms with Crippen molar-refractivity contribution in [2.75, 3.05) is 43.0 Å². The smallest absolute Gasteiger partial charge is 0.138 e. The fraction of sp³-hybridized carbons (Fsp3) is 0.333. The molecule has 24 heavy (non-hydrogen) atoms. The van der Waals surface area contributed by atoms with Crippen LogP contribution < -0.4 is 25.6 Å². The summed E-state index contributed by atoms with van der Waals surface area (Å²) in [6, 6.07) is 13.4. The van der Waals surface area contributed by atoms with E-state index in [2.05, 4.69) is 71.2 Å². The van der Waals surface area contributed by atoms with Gasteiger partial charge in [0.1, 0.15) is 5.69 Å². The molecule has 0 aliphatic carbocycles. The summed E-state index contributed by atoms with van der Waals surface area (Å²) >= 11 is 0. The third-order valence-corrected chi connectivity index (χ3v) is 5.26. The first kappa shape index (κ1) is 15.3. The van der Waals surface area contributed by atoms with Gasteiger partial charge in [-0.15, -0.1) is 0 Å². The minimum Gasteiger partial charge on any atom is -0.371 e. The molecule has 3 heteroatoms. The third-order valence-electron chi connectivity index (χ3n) is 5.26. The van der Waals surface area contributed by atoms with Crippen molar-refractivity contribution in [1.29, 1.82) is 0 Å². The van der Waals surface area contributed by atoms with Crippen molar-refractivity contribution in [3.05, 3.63) is 52.4 Å². The summed E-state index contributed by atoms with van der Waals surface area (Å²) < 4.78 is 0. The van der Waals surface area contributed by atoms with Crippen LogP contribution in [0.3, 0.4) is 0 Å². The van der Waals surface area contributed by atoms with Crippen LogP contribution in [0.2, 0.25) is 0 Å². The number of rotatable bonds is 4. The summed E-state index contributed by atoms with van der Waals surface area (Å²) in [6.07, 6.45) is 4.88. The number of nitrogens with zero attached hydrogens (tertiary/aromatic N) is 2. The zero-order valence-corrected chi connectivity index (χ0v) is 14.5. The molecule has 2 aromatic rings. The van der Waals surface area contributed by atoms with E-state index >= 15 is 0 Å². The monoisotopic (exact) mass is 320 g/mol. The lowest BCUT2D eigenvalue weighted by Gasteiger charge is -2.33. The molecule has 2 heterocycles. The van der Waals surface area contributed by atoms with Crippen LogP contribution in [-0.4, -0.2) is 33.2 Å². The lowest BCUT2D eigenvalue weighted by molar-refractivity contribution is -0.539. The lowest BCUT2D eigenvalue weighted by Crippen LogP contribution is -2.73. The topological polar surface area (TPSA) is 23.1 Å². The highest BCUT2D eigenvalue weighted by atomic mass is 15.2. The second-order valence-corrected chi connectivity index (χ2v) is 6.81. The van der Waals surface area contributed by atoms with E-state index in [1.807, 2.05) is 0 Å². The van der Waals surface area contributed by atoms with Gasteiger partial charge in [-0.2, -0.15) is 0 Å². The van der Waals surface area contributed by atoms with Gasteiger partial charge in [0.05, 0.1) is 7.05 Å². The second-order valence-electron chi connectivity index (χ2n) is 6.81. The first-order chi connectivity index (χ1) is 11.7. The van der Waals surface area contributed by atoms with Crippen molar-refractivity contribution in [2.24, 2.45) is 0 Å². The summed E-state index contributed by atoms with van der Waals surface area (Å²) in [4.78, 5) is 4.84. The Hall–Kier alpha value is -2.26. The fourth-order valence-electron chi connectivity index (χ4n) is 3.39. The summed E-state index contributed by atoms with van der Waals surface area (Å²) in [5.41, 5.74) is 5.21. The number of nitrogens with two attached hydrogens (primary N) is 1. The largest absolute Gasteiger partial charge is 0.371 e. The maximum atomic E-state index is 4.27. The molecule has 2 aromatic carbocycles. The highest BCUT2D eigenvalue weighted by Gasteiger charge is 2.16. The summed E-state index contributed by atoms with van der Waals surface area (Å²) in [6.45, 7) is 8.99. The van der Waals surface area contributed by atoms with Crippen molar-refractivity contribution in [2.45, 2.75) is 12.8 Å². The van der Waals surface area contributed by atoms with E-state index in [4.69, 9.17) is 0 Å². The van der Waals surface area contributed by atoms with E-state index in [1.54, 1.807) is 0 Å². The van der Waals surface area contributed by atoms with Crippen LogP contribution >= 0.6 is 0 Å². The molecule has 124 valence electrons. The summed E-state index contributed by atoms with van der Waals surface area (Å²) in [7, 11) is 2.12. The zero-order valence-electron chi connectivity index (χ0n) is 14.5. The van der Waals surface area contributed by atoms with Gasteiger partial charge < -0.3 is 15.1 Å². The molecule has 0 radical (unpaired) electrons. The van der Waals surface area contributed by atoms with Crippen LogP contribution in [0, 0.1) is 0 Å². The van der Waals surface area contributed by atoms with E-state index in [9.17, 15) is 0 Å². The van der Waals surface area contributed by atoms with Crippen LogP contribution in [0.15, 0.2) is 36.4 Å². The molecule has 2 aliphatic rings. The van der Waals surface area contributed by atoms with Crippen LogP contribution in [0.25, 0.3) is 12.7 Å². The first-order valence-electron chi connectivity index (χ1n) is 8.99. The maximum Gasteiger partial charge on any atom is 0.138 e. The Labute approximate surface area is 143 Å². The molecule has 0 unspecified atom stereocenters. The molecule has 0 amide bonds. The summed E-state index contributed by atoms with van der Waals surface area (Å²) in [5.74, 6) is 0. The Morgan fingerprint density at radius 1 is 0.917 bits per heavy atom. The minimum absolute atomic E-state index is 1.10. The van der Waals surface area contributed by atoms with Gasteiger partial charge in [-0.05, 0) is 53.6 Å². The van der Waals surface area contributed by atoms with Crippen molar-refractivity contribution in [3.8, 4) is 0 Å². The van der Waals surface area contributed by atoms with E-state index in [0.717, 1.165) is 5.22 Å². The average molecular weight is 320 g/mol. The maximum absolute atomic E-state index is 4.27.